The highest BCUT2D eigenvalue weighted by Gasteiger charge is 2.21. The van der Waals surface area contributed by atoms with E-state index in [9.17, 15) is 0 Å². The van der Waals surface area contributed by atoms with Crippen LogP contribution in [0.15, 0.2) is 24.3 Å². The van der Waals surface area contributed by atoms with Crippen molar-refractivity contribution in [2.24, 2.45) is 5.92 Å². The molecule has 0 bridgehead atoms. The molecule has 0 heterocycles. The van der Waals surface area contributed by atoms with Gasteiger partial charge in [-0.15, -0.1) is 0 Å². The fourth-order valence-corrected chi connectivity index (χ4v) is 3.45. The zero-order valence-corrected chi connectivity index (χ0v) is 13.4. The van der Waals surface area contributed by atoms with Crippen molar-refractivity contribution in [2.75, 3.05) is 4.61 Å². The van der Waals surface area contributed by atoms with Crippen LogP contribution >= 0.6 is 22.6 Å². The molecule has 0 unspecified atom stereocenters. The van der Waals surface area contributed by atoms with Crippen molar-refractivity contribution in [3.8, 4) is 5.75 Å². The van der Waals surface area contributed by atoms with Crippen LogP contribution in [0.25, 0.3) is 0 Å². The van der Waals surface area contributed by atoms with Crippen LogP contribution in [-0.2, 0) is 0 Å². The number of rotatable bonds is 5. The number of benzene rings is 1. The van der Waals surface area contributed by atoms with Crippen molar-refractivity contribution in [2.45, 2.75) is 51.4 Å². The fraction of sp³-hybridized carbons (Fsp3) is 0.625. The van der Waals surface area contributed by atoms with Gasteiger partial charge in [0.25, 0.3) is 0 Å². The number of alkyl halides is 1. The molecule has 2 rings (SSSR count). The summed E-state index contributed by atoms with van der Waals surface area (Å²) in [4.78, 5) is 0. The molecular weight excluding hydrogens is 335 g/mol. The molecule has 0 N–H and O–H groups in total. The molecule has 0 saturated heterocycles. The van der Waals surface area contributed by atoms with Crippen molar-refractivity contribution in [1.29, 1.82) is 0 Å². The summed E-state index contributed by atoms with van der Waals surface area (Å²) in [5.74, 6) is 2.77. The highest BCUT2D eigenvalue weighted by molar-refractivity contribution is 14.1. The molecule has 0 radical (unpaired) electrons. The molecule has 0 spiro atoms. The molecule has 0 aromatic heterocycles. The molecule has 100 valence electrons. The zero-order chi connectivity index (χ0) is 12.8. The second kappa shape index (κ2) is 7.37. The summed E-state index contributed by atoms with van der Waals surface area (Å²) in [5, 5.41) is 0. The average molecular weight is 358 g/mol. The number of halogens is 1. The third kappa shape index (κ3) is 3.87. The second-order valence-corrected chi connectivity index (χ2v) is 5.95. The quantitative estimate of drug-likeness (QED) is 0.497. The van der Waals surface area contributed by atoms with Gasteiger partial charge in [0.15, 0.2) is 0 Å². The minimum Gasteiger partial charge on any atom is -0.483 e. The highest BCUT2D eigenvalue weighted by atomic mass is 127. The molecule has 0 atom stereocenters. The van der Waals surface area contributed by atoms with E-state index in [0.717, 1.165) is 22.2 Å². The van der Waals surface area contributed by atoms with Crippen LogP contribution in [0.3, 0.4) is 0 Å². The summed E-state index contributed by atoms with van der Waals surface area (Å²) in [6.07, 6.45) is 8.36. The summed E-state index contributed by atoms with van der Waals surface area (Å²) >= 11 is 2.23. The van der Waals surface area contributed by atoms with Crippen LogP contribution in [0, 0.1) is 5.92 Å². The van der Waals surface area contributed by atoms with Crippen molar-refractivity contribution < 1.29 is 4.74 Å². The SMILES string of the molecule is CCCC1CCC(c2ccc(OCI)cc2)CC1. The van der Waals surface area contributed by atoms with E-state index < -0.39 is 0 Å². The molecule has 1 aromatic carbocycles. The fourth-order valence-electron chi connectivity index (χ4n) is 3.09. The van der Waals surface area contributed by atoms with E-state index in [1.165, 1.54) is 44.1 Å². The van der Waals surface area contributed by atoms with Gasteiger partial charge in [0.2, 0.25) is 0 Å². The number of hydrogen-bond acceptors (Lipinski definition) is 1. The third-order valence-electron chi connectivity index (χ3n) is 4.12. The molecule has 18 heavy (non-hydrogen) atoms. The summed E-state index contributed by atoms with van der Waals surface area (Å²) in [6, 6.07) is 8.75. The maximum Gasteiger partial charge on any atom is 0.139 e. The van der Waals surface area contributed by atoms with Gasteiger partial charge >= 0.3 is 0 Å². The first-order valence-corrected chi connectivity index (χ1v) is 8.64. The van der Waals surface area contributed by atoms with Crippen LogP contribution in [0.2, 0.25) is 0 Å². The molecular formula is C16H23IO. The van der Waals surface area contributed by atoms with E-state index in [1.54, 1.807) is 0 Å². The maximum atomic E-state index is 5.48. The van der Waals surface area contributed by atoms with Crippen molar-refractivity contribution in [1.82, 2.24) is 0 Å². The lowest BCUT2D eigenvalue weighted by molar-refractivity contribution is 0.308. The van der Waals surface area contributed by atoms with Crippen LogP contribution in [-0.4, -0.2) is 4.61 Å². The Morgan fingerprint density at radius 1 is 1.11 bits per heavy atom. The monoisotopic (exact) mass is 358 g/mol. The van der Waals surface area contributed by atoms with E-state index in [-0.39, 0.29) is 0 Å². The van der Waals surface area contributed by atoms with E-state index in [0.29, 0.717) is 0 Å². The molecule has 1 nitrogen and oxygen atoms in total. The third-order valence-corrected chi connectivity index (χ3v) is 4.43. The minimum atomic E-state index is 0.721. The van der Waals surface area contributed by atoms with Gasteiger partial charge in [0.1, 0.15) is 10.4 Å². The largest absolute Gasteiger partial charge is 0.483 e. The van der Waals surface area contributed by atoms with Gasteiger partial charge in [-0.25, -0.2) is 0 Å². The van der Waals surface area contributed by atoms with Crippen LogP contribution in [0.4, 0.5) is 0 Å². The van der Waals surface area contributed by atoms with Gasteiger partial charge in [0.05, 0.1) is 0 Å². The lowest BCUT2D eigenvalue weighted by Crippen LogP contribution is -2.13. The first kappa shape index (κ1) is 14.2. The first-order valence-electron chi connectivity index (χ1n) is 7.12. The van der Waals surface area contributed by atoms with Crippen molar-refractivity contribution >= 4 is 22.6 Å². The molecule has 1 aliphatic rings. The van der Waals surface area contributed by atoms with Crippen LogP contribution < -0.4 is 4.74 Å². The van der Waals surface area contributed by atoms with Gasteiger partial charge in [0, 0.05) is 0 Å². The normalized spacial score (nSPS) is 23.9. The Balaban J connectivity index is 1.89. The standard InChI is InChI=1S/C16H23IO/c1-2-3-13-4-6-14(7-5-13)15-8-10-16(11-9-15)18-12-17/h8-11,13-14H,2-7,12H2,1H3. The Bertz CT molecular complexity index is 339. The van der Waals surface area contributed by atoms with E-state index in [2.05, 4.69) is 53.8 Å². The summed E-state index contributed by atoms with van der Waals surface area (Å²) in [5.41, 5.74) is 1.51. The molecule has 0 amide bonds. The number of hydrogen-bond donors (Lipinski definition) is 0. The Kier molecular flexibility index (Phi) is 5.80. The van der Waals surface area contributed by atoms with E-state index >= 15 is 0 Å². The Morgan fingerprint density at radius 2 is 1.78 bits per heavy atom. The average Bonchev–Trinajstić information content (AvgIpc) is 2.41. The Hall–Kier alpha value is -0.250. The lowest BCUT2D eigenvalue weighted by atomic mass is 9.77. The predicted octanol–water partition coefficient (Wildman–Crippen LogP) is 5.53. The topological polar surface area (TPSA) is 9.23 Å². The lowest BCUT2D eigenvalue weighted by Gasteiger charge is -2.28. The Labute approximate surface area is 124 Å². The van der Waals surface area contributed by atoms with E-state index in [1.807, 2.05) is 0 Å². The Morgan fingerprint density at radius 3 is 2.33 bits per heavy atom. The van der Waals surface area contributed by atoms with Gasteiger partial charge in [-0.3, -0.25) is 0 Å². The maximum absolute atomic E-state index is 5.48. The second-order valence-electron chi connectivity index (χ2n) is 5.33. The zero-order valence-electron chi connectivity index (χ0n) is 11.2. The van der Waals surface area contributed by atoms with Gasteiger partial charge in [-0.2, -0.15) is 0 Å². The van der Waals surface area contributed by atoms with Crippen molar-refractivity contribution in [3.63, 3.8) is 0 Å². The van der Waals surface area contributed by atoms with Gasteiger partial charge in [-0.1, -0.05) is 31.9 Å². The first-order chi connectivity index (χ1) is 8.83. The summed E-state index contributed by atoms with van der Waals surface area (Å²) in [6.45, 7) is 2.30. The smallest absolute Gasteiger partial charge is 0.139 e. The van der Waals surface area contributed by atoms with Crippen LogP contribution in [0.1, 0.15) is 56.9 Å². The number of ether oxygens (including phenoxy) is 1. The molecule has 1 aliphatic carbocycles. The summed E-state index contributed by atoms with van der Waals surface area (Å²) in [7, 11) is 0. The van der Waals surface area contributed by atoms with Crippen molar-refractivity contribution in [3.05, 3.63) is 29.8 Å². The van der Waals surface area contributed by atoms with Crippen LogP contribution in [0.5, 0.6) is 5.75 Å². The molecule has 0 aliphatic heterocycles. The van der Waals surface area contributed by atoms with E-state index in [4.69, 9.17) is 4.74 Å². The molecule has 2 heteroatoms. The van der Waals surface area contributed by atoms with Gasteiger partial charge in [-0.05, 0) is 77.8 Å². The summed E-state index contributed by atoms with van der Waals surface area (Å²) < 4.78 is 6.21. The highest BCUT2D eigenvalue weighted by Crippen LogP contribution is 2.37. The predicted molar refractivity (Wildman–Crippen MR) is 85.6 cm³/mol. The molecule has 1 aromatic rings. The minimum absolute atomic E-state index is 0.721. The molecule has 1 saturated carbocycles. The molecule has 1 fully saturated rings. The van der Waals surface area contributed by atoms with Gasteiger partial charge < -0.3 is 4.74 Å².